The molecule has 148 valence electrons. The molecule has 0 aliphatic carbocycles. The second-order valence-corrected chi connectivity index (χ2v) is 8.28. The number of phenols is 1. The van der Waals surface area contributed by atoms with Crippen molar-refractivity contribution in [1.82, 2.24) is 4.98 Å². The number of aromatic hydroxyl groups is 1. The van der Waals surface area contributed by atoms with Crippen molar-refractivity contribution in [3.63, 3.8) is 0 Å². The van der Waals surface area contributed by atoms with Crippen LogP contribution in [0.5, 0.6) is 5.75 Å². The highest BCUT2D eigenvalue weighted by Gasteiger charge is 2.25. The first-order chi connectivity index (χ1) is 13.7. The van der Waals surface area contributed by atoms with Crippen LogP contribution in [0.15, 0.2) is 53.6 Å². The van der Waals surface area contributed by atoms with Crippen molar-refractivity contribution in [3.8, 4) is 16.9 Å². The molecule has 0 saturated heterocycles. The first kappa shape index (κ1) is 19.2. The van der Waals surface area contributed by atoms with Crippen LogP contribution in [0.1, 0.15) is 15.9 Å². The molecule has 0 saturated carbocycles. The third-order valence-corrected chi connectivity index (χ3v) is 5.95. The van der Waals surface area contributed by atoms with Gasteiger partial charge >= 0.3 is 5.97 Å². The smallest absolute Gasteiger partial charge is 0.338 e. The van der Waals surface area contributed by atoms with Gasteiger partial charge in [0.2, 0.25) is 0 Å². The van der Waals surface area contributed by atoms with Crippen LogP contribution in [-0.2, 0) is 21.4 Å². The number of phenolic OH excluding ortho intramolecular Hbond substituents is 1. The van der Waals surface area contributed by atoms with E-state index in [0.29, 0.717) is 16.7 Å². The number of aromatic nitrogens is 1. The third-order valence-electron chi connectivity index (χ3n) is 4.29. The zero-order valence-corrected chi connectivity index (χ0v) is 16.1. The molecule has 4 rings (SSSR count). The Morgan fingerprint density at radius 2 is 1.93 bits per heavy atom. The van der Waals surface area contributed by atoms with Gasteiger partial charge < -0.3 is 9.84 Å². The number of sulfonamides is 1. The van der Waals surface area contributed by atoms with E-state index in [-0.39, 0.29) is 23.0 Å². The average Bonchev–Trinajstić information content (AvgIpc) is 2.68. The molecule has 1 aliphatic rings. The number of pyridine rings is 1. The Morgan fingerprint density at radius 3 is 2.72 bits per heavy atom. The molecule has 0 unspecified atom stereocenters. The molecule has 1 aromatic heterocycles. The van der Waals surface area contributed by atoms with Gasteiger partial charge in [0.1, 0.15) is 23.1 Å². The minimum atomic E-state index is -4.35. The lowest BCUT2D eigenvalue weighted by Gasteiger charge is -2.12. The lowest BCUT2D eigenvalue weighted by molar-refractivity contribution is 0.0473. The van der Waals surface area contributed by atoms with Gasteiger partial charge in [-0.15, -0.1) is 0 Å². The van der Waals surface area contributed by atoms with Crippen LogP contribution < -0.4 is 4.72 Å². The first-order valence-corrected chi connectivity index (χ1v) is 10.1. The maximum Gasteiger partial charge on any atom is 0.338 e. The van der Waals surface area contributed by atoms with E-state index < -0.39 is 32.5 Å². The Hall–Kier alpha value is -3.17. The number of nitrogens with one attached hydrogen (secondary N) is 1. The fourth-order valence-electron chi connectivity index (χ4n) is 2.91. The molecule has 0 fully saturated rings. The van der Waals surface area contributed by atoms with Gasteiger partial charge in [0.05, 0.1) is 10.6 Å². The number of esters is 1. The molecule has 0 spiro atoms. The summed E-state index contributed by atoms with van der Waals surface area (Å²) in [5.41, 5.74) is 1.20. The summed E-state index contributed by atoms with van der Waals surface area (Å²) in [7, 11) is -4.35. The van der Waals surface area contributed by atoms with Crippen molar-refractivity contribution in [2.45, 2.75) is 11.5 Å². The Morgan fingerprint density at radius 1 is 1.14 bits per heavy atom. The van der Waals surface area contributed by atoms with Crippen LogP contribution in [0.2, 0.25) is 5.02 Å². The molecule has 3 aromatic rings. The zero-order valence-electron chi connectivity index (χ0n) is 14.5. The predicted octanol–water partition coefficient (Wildman–Crippen LogP) is 3.72. The van der Waals surface area contributed by atoms with Gasteiger partial charge in [-0.1, -0.05) is 17.7 Å². The molecular formula is C19H12ClFN2O5S. The summed E-state index contributed by atoms with van der Waals surface area (Å²) >= 11 is 5.91. The van der Waals surface area contributed by atoms with Gasteiger partial charge in [-0.05, 0) is 53.1 Å². The number of hydrogen-bond acceptors (Lipinski definition) is 6. The van der Waals surface area contributed by atoms with Crippen molar-refractivity contribution in [2.75, 3.05) is 4.72 Å². The second-order valence-electron chi connectivity index (χ2n) is 6.22. The van der Waals surface area contributed by atoms with E-state index >= 15 is 0 Å². The van der Waals surface area contributed by atoms with E-state index in [4.69, 9.17) is 16.3 Å². The Kier molecular flexibility index (Phi) is 4.64. The second kappa shape index (κ2) is 7.02. The van der Waals surface area contributed by atoms with Crippen LogP contribution >= 0.6 is 11.6 Å². The maximum atomic E-state index is 13.8. The van der Waals surface area contributed by atoms with Crippen molar-refractivity contribution in [2.24, 2.45) is 0 Å². The Bertz CT molecular complexity index is 1260. The minimum Gasteiger partial charge on any atom is -0.505 e. The number of rotatable bonds is 0. The van der Waals surface area contributed by atoms with Gasteiger partial charge in [-0.2, -0.15) is 0 Å². The third kappa shape index (κ3) is 3.62. The summed E-state index contributed by atoms with van der Waals surface area (Å²) in [4.78, 5) is 15.8. The lowest BCUT2D eigenvalue weighted by atomic mass is 10.0. The molecule has 0 radical (unpaired) electrons. The average molecular weight is 435 g/mol. The molecule has 1 aliphatic heterocycles. The number of halogens is 2. The topological polar surface area (TPSA) is 106 Å². The van der Waals surface area contributed by atoms with Crippen LogP contribution in [0.3, 0.4) is 0 Å². The van der Waals surface area contributed by atoms with Crippen LogP contribution in [0, 0.1) is 5.82 Å². The van der Waals surface area contributed by atoms with E-state index in [2.05, 4.69) is 9.71 Å². The van der Waals surface area contributed by atoms with Crippen molar-refractivity contribution >= 4 is 33.4 Å². The first-order valence-electron chi connectivity index (χ1n) is 8.22. The van der Waals surface area contributed by atoms with E-state index in [0.717, 1.165) is 12.1 Å². The molecule has 2 aromatic carbocycles. The summed E-state index contributed by atoms with van der Waals surface area (Å²) in [6, 6.07) is 8.96. The summed E-state index contributed by atoms with van der Waals surface area (Å²) < 4.78 is 46.9. The number of anilines is 1. The van der Waals surface area contributed by atoms with Crippen LogP contribution in [-0.4, -0.2) is 24.5 Å². The van der Waals surface area contributed by atoms with Gasteiger partial charge in [0.15, 0.2) is 5.75 Å². The molecule has 7 nitrogen and oxygen atoms in total. The summed E-state index contributed by atoms with van der Waals surface area (Å²) in [6.45, 7) is -0.194. The van der Waals surface area contributed by atoms with Crippen molar-refractivity contribution in [1.29, 1.82) is 0 Å². The van der Waals surface area contributed by atoms with E-state index in [1.54, 1.807) is 6.07 Å². The summed E-state index contributed by atoms with van der Waals surface area (Å²) in [6.07, 6.45) is 1.34. The molecule has 10 heteroatoms. The number of hydrogen-bond donors (Lipinski definition) is 2. The monoisotopic (exact) mass is 434 g/mol. The largest absolute Gasteiger partial charge is 0.505 e. The number of nitrogens with zero attached hydrogens (tertiary/aromatic N) is 1. The van der Waals surface area contributed by atoms with Crippen LogP contribution in [0.25, 0.3) is 11.1 Å². The van der Waals surface area contributed by atoms with E-state index in [1.807, 2.05) is 0 Å². The fourth-order valence-corrected chi connectivity index (χ4v) is 4.33. The molecule has 2 N–H and O–H groups in total. The quantitative estimate of drug-likeness (QED) is 0.522. The van der Waals surface area contributed by atoms with Crippen molar-refractivity contribution < 1.29 is 27.4 Å². The molecule has 0 atom stereocenters. The SMILES string of the molecule is O=C1OCc2ccc(F)cc2-c2ccnc(c2)NS(=O)(=O)c2cc1cc(Cl)c2O. The summed E-state index contributed by atoms with van der Waals surface area (Å²) in [5, 5.41) is 9.79. The number of ether oxygens (including phenoxy) is 1. The van der Waals surface area contributed by atoms with Gasteiger partial charge in [-0.3, -0.25) is 4.72 Å². The number of fused-ring (bicyclic) bond motifs is 6. The lowest BCUT2D eigenvalue weighted by Crippen LogP contribution is -2.15. The Labute approximate surface area is 169 Å². The molecule has 29 heavy (non-hydrogen) atoms. The normalized spacial score (nSPS) is 15.0. The molecular weight excluding hydrogens is 423 g/mol. The number of carbonyl (C=O) groups excluding carboxylic acids is 1. The van der Waals surface area contributed by atoms with E-state index in [9.17, 15) is 22.7 Å². The zero-order chi connectivity index (χ0) is 20.8. The maximum absolute atomic E-state index is 13.8. The standard InChI is InChI=1S/C19H12ClFN2O5S/c20-15-5-12-6-16(18(15)24)29(26,27)23-17-7-10(3-4-22-17)14-8-13(21)2-1-11(14)9-28-19(12)25/h1-8,24H,9H2,(H,22,23). The highest BCUT2D eigenvalue weighted by molar-refractivity contribution is 7.92. The van der Waals surface area contributed by atoms with Gasteiger partial charge in [-0.25, -0.2) is 22.6 Å². The highest BCUT2D eigenvalue weighted by Crippen LogP contribution is 2.35. The predicted molar refractivity (Wildman–Crippen MR) is 103 cm³/mol. The Balaban J connectivity index is 1.96. The summed E-state index contributed by atoms with van der Waals surface area (Å²) in [5.74, 6) is -2.15. The minimum absolute atomic E-state index is 0.0647. The fraction of sp³-hybridized carbons (Fsp3) is 0.0526. The number of benzene rings is 2. The van der Waals surface area contributed by atoms with E-state index in [1.165, 1.54) is 30.5 Å². The molecule has 2 heterocycles. The van der Waals surface area contributed by atoms with Crippen molar-refractivity contribution in [3.05, 3.63) is 70.6 Å². The molecule has 0 amide bonds. The highest BCUT2D eigenvalue weighted by atomic mass is 35.5. The number of carbonyl (C=O) groups is 1. The molecule has 4 bridgehead atoms. The van der Waals surface area contributed by atoms with Gasteiger partial charge in [0.25, 0.3) is 10.0 Å². The van der Waals surface area contributed by atoms with Gasteiger partial charge in [0, 0.05) is 6.20 Å². The number of cyclic esters (lactones) is 1. The van der Waals surface area contributed by atoms with Crippen LogP contribution in [0.4, 0.5) is 10.2 Å².